The topological polar surface area (TPSA) is 72.6 Å². The number of aromatic nitrogens is 1. The van der Waals surface area contributed by atoms with Crippen LogP contribution < -0.4 is 4.90 Å². The Balaban J connectivity index is 1.85. The molecule has 0 saturated carbocycles. The number of nitrogens with zero attached hydrogens (tertiary/aromatic N) is 2. The van der Waals surface area contributed by atoms with Gasteiger partial charge in [0.1, 0.15) is 5.82 Å². The average Bonchev–Trinajstić information content (AvgIpc) is 3.14. The highest BCUT2D eigenvalue weighted by Crippen LogP contribution is 2.36. The van der Waals surface area contributed by atoms with Crippen molar-refractivity contribution in [2.45, 2.75) is 42.9 Å². The molecular weight excluding hydrogens is 407 g/mol. The number of aryl methyl sites for hydroxylation is 1. The fraction of sp³-hybridized carbons (Fsp3) is 0.318. The van der Waals surface area contributed by atoms with E-state index in [9.17, 15) is 12.8 Å². The summed E-state index contributed by atoms with van der Waals surface area (Å²) in [6, 6.07) is 12.2. The van der Waals surface area contributed by atoms with Crippen LogP contribution in [0.5, 0.6) is 0 Å². The van der Waals surface area contributed by atoms with Gasteiger partial charge in [-0.2, -0.15) is 4.98 Å². The van der Waals surface area contributed by atoms with Crippen molar-refractivity contribution in [3.8, 4) is 11.5 Å². The quantitative estimate of drug-likeness (QED) is 0.577. The second-order valence-electron chi connectivity index (χ2n) is 7.62. The van der Waals surface area contributed by atoms with Crippen LogP contribution in [0.25, 0.3) is 11.5 Å². The van der Waals surface area contributed by atoms with Gasteiger partial charge in [-0.1, -0.05) is 17.7 Å². The molecule has 158 valence electrons. The highest BCUT2D eigenvalue weighted by atomic mass is 32.2. The molecule has 1 aliphatic heterocycles. The highest BCUT2D eigenvalue weighted by Gasteiger charge is 2.34. The van der Waals surface area contributed by atoms with Gasteiger partial charge in [0.15, 0.2) is 0 Å². The SMILES string of the molecule is Cc1ccc(-c2nc(S(=O)(=O)c3ccc(F)cc3)c(N3C[C@@H](C)O[C@@H](C)C3)o2)cc1. The molecule has 1 fully saturated rings. The van der Waals surface area contributed by atoms with Crippen LogP contribution in [0.4, 0.5) is 10.3 Å². The second-order valence-corrected chi connectivity index (χ2v) is 9.48. The molecule has 2 heterocycles. The van der Waals surface area contributed by atoms with Crippen molar-refractivity contribution in [2.24, 2.45) is 0 Å². The third kappa shape index (κ3) is 3.97. The second kappa shape index (κ2) is 7.85. The zero-order chi connectivity index (χ0) is 21.5. The van der Waals surface area contributed by atoms with E-state index in [2.05, 4.69) is 4.98 Å². The summed E-state index contributed by atoms with van der Waals surface area (Å²) in [6.45, 7) is 6.76. The summed E-state index contributed by atoms with van der Waals surface area (Å²) in [5, 5.41) is -0.175. The van der Waals surface area contributed by atoms with E-state index in [0.29, 0.717) is 18.7 Å². The molecule has 6 nitrogen and oxygen atoms in total. The number of rotatable bonds is 4. The van der Waals surface area contributed by atoms with E-state index in [0.717, 1.165) is 17.7 Å². The van der Waals surface area contributed by atoms with Crippen molar-refractivity contribution in [3.63, 3.8) is 0 Å². The Labute approximate surface area is 175 Å². The molecule has 1 aliphatic rings. The fourth-order valence-electron chi connectivity index (χ4n) is 3.56. The summed E-state index contributed by atoms with van der Waals surface area (Å²) in [5.74, 6) is -0.111. The number of hydrogen-bond donors (Lipinski definition) is 0. The first-order chi connectivity index (χ1) is 14.2. The van der Waals surface area contributed by atoms with E-state index < -0.39 is 15.7 Å². The van der Waals surface area contributed by atoms with Crippen molar-refractivity contribution < 1.29 is 22.0 Å². The minimum absolute atomic E-state index is 0.0386. The van der Waals surface area contributed by atoms with Gasteiger partial charge in [-0.25, -0.2) is 12.8 Å². The van der Waals surface area contributed by atoms with Crippen LogP contribution in [0, 0.1) is 12.7 Å². The van der Waals surface area contributed by atoms with Gasteiger partial charge in [-0.3, -0.25) is 0 Å². The number of morpholine rings is 1. The summed E-state index contributed by atoms with van der Waals surface area (Å²) < 4.78 is 51.9. The summed E-state index contributed by atoms with van der Waals surface area (Å²) in [5.41, 5.74) is 1.75. The maximum atomic E-state index is 13.4. The Morgan fingerprint density at radius 3 is 2.20 bits per heavy atom. The monoisotopic (exact) mass is 430 g/mol. The third-order valence-electron chi connectivity index (χ3n) is 4.96. The zero-order valence-electron chi connectivity index (χ0n) is 17.0. The third-order valence-corrected chi connectivity index (χ3v) is 6.63. The zero-order valence-corrected chi connectivity index (χ0v) is 17.8. The Morgan fingerprint density at radius 1 is 1.00 bits per heavy atom. The Hall–Kier alpha value is -2.71. The van der Waals surface area contributed by atoms with Crippen LogP contribution in [-0.4, -0.2) is 38.7 Å². The maximum Gasteiger partial charge on any atom is 0.236 e. The number of anilines is 1. The molecule has 30 heavy (non-hydrogen) atoms. The Kier molecular flexibility index (Phi) is 5.38. The predicted octanol–water partition coefficient (Wildman–Crippen LogP) is 4.24. The predicted molar refractivity (Wildman–Crippen MR) is 111 cm³/mol. The number of oxazole rings is 1. The van der Waals surface area contributed by atoms with Crippen molar-refractivity contribution in [1.82, 2.24) is 4.98 Å². The largest absolute Gasteiger partial charge is 0.419 e. The van der Waals surface area contributed by atoms with Gasteiger partial charge >= 0.3 is 0 Å². The highest BCUT2D eigenvalue weighted by molar-refractivity contribution is 7.91. The molecule has 0 radical (unpaired) electrons. The normalized spacial score (nSPS) is 19.8. The molecule has 8 heteroatoms. The van der Waals surface area contributed by atoms with Gasteiger partial charge < -0.3 is 14.1 Å². The molecule has 1 aromatic heterocycles. The molecule has 0 amide bonds. The molecule has 2 atom stereocenters. The van der Waals surface area contributed by atoms with E-state index in [1.54, 1.807) is 0 Å². The molecule has 0 aliphatic carbocycles. The number of benzene rings is 2. The standard InChI is InChI=1S/C22H23FN2O4S/c1-14-4-6-17(7-5-14)20-24-21(30(26,27)19-10-8-18(23)9-11-19)22(29-20)25-12-15(2)28-16(3)13-25/h4-11,15-16H,12-13H2,1-3H3/t15-,16+. The van der Waals surface area contributed by atoms with Gasteiger partial charge in [0.2, 0.25) is 26.6 Å². The van der Waals surface area contributed by atoms with Gasteiger partial charge in [0, 0.05) is 18.7 Å². The van der Waals surface area contributed by atoms with Crippen LogP contribution in [0.3, 0.4) is 0 Å². The molecule has 4 rings (SSSR count). The molecular formula is C22H23FN2O4S. The van der Waals surface area contributed by atoms with E-state index >= 15 is 0 Å². The molecule has 0 bridgehead atoms. The molecule has 1 saturated heterocycles. The first kappa shape index (κ1) is 20.6. The number of sulfone groups is 1. The first-order valence-corrected chi connectivity index (χ1v) is 11.2. The molecule has 0 unspecified atom stereocenters. The number of ether oxygens (including phenoxy) is 1. The smallest absolute Gasteiger partial charge is 0.236 e. The lowest BCUT2D eigenvalue weighted by Crippen LogP contribution is -2.45. The summed E-state index contributed by atoms with van der Waals surface area (Å²) in [6.07, 6.45) is -0.189. The minimum atomic E-state index is -4.02. The Bertz CT molecular complexity index is 1130. The van der Waals surface area contributed by atoms with Crippen molar-refractivity contribution in [3.05, 3.63) is 59.9 Å². The first-order valence-electron chi connectivity index (χ1n) is 9.73. The summed E-state index contributed by atoms with van der Waals surface area (Å²) in [7, 11) is -4.02. The molecule has 0 N–H and O–H groups in total. The maximum absolute atomic E-state index is 13.4. The van der Waals surface area contributed by atoms with Crippen molar-refractivity contribution in [2.75, 3.05) is 18.0 Å². The van der Waals surface area contributed by atoms with Crippen LogP contribution >= 0.6 is 0 Å². The summed E-state index contributed by atoms with van der Waals surface area (Å²) >= 11 is 0. The van der Waals surface area contributed by atoms with Gasteiger partial charge in [-0.05, 0) is 57.2 Å². The Morgan fingerprint density at radius 2 is 1.60 bits per heavy atom. The number of halogens is 1. The van der Waals surface area contributed by atoms with E-state index in [1.807, 2.05) is 49.9 Å². The molecule has 0 spiro atoms. The van der Waals surface area contributed by atoms with E-state index in [4.69, 9.17) is 9.15 Å². The van der Waals surface area contributed by atoms with Gasteiger partial charge in [-0.15, -0.1) is 0 Å². The van der Waals surface area contributed by atoms with Crippen LogP contribution in [0.1, 0.15) is 19.4 Å². The van der Waals surface area contributed by atoms with Gasteiger partial charge in [0.25, 0.3) is 0 Å². The van der Waals surface area contributed by atoms with E-state index in [1.165, 1.54) is 12.1 Å². The van der Waals surface area contributed by atoms with Crippen LogP contribution in [0.2, 0.25) is 0 Å². The molecule has 2 aromatic carbocycles. The number of hydrogen-bond acceptors (Lipinski definition) is 6. The van der Waals surface area contributed by atoms with Crippen molar-refractivity contribution >= 4 is 15.7 Å². The van der Waals surface area contributed by atoms with Crippen LogP contribution in [0.15, 0.2) is 62.9 Å². The van der Waals surface area contributed by atoms with E-state index in [-0.39, 0.29) is 33.9 Å². The molecule has 3 aromatic rings. The average molecular weight is 431 g/mol. The lowest BCUT2D eigenvalue weighted by Gasteiger charge is -2.35. The van der Waals surface area contributed by atoms with Crippen LogP contribution in [-0.2, 0) is 14.6 Å². The van der Waals surface area contributed by atoms with Gasteiger partial charge in [0.05, 0.1) is 17.1 Å². The van der Waals surface area contributed by atoms with Crippen molar-refractivity contribution in [1.29, 1.82) is 0 Å². The lowest BCUT2D eigenvalue weighted by atomic mass is 10.1. The fourth-order valence-corrected chi connectivity index (χ4v) is 4.88. The lowest BCUT2D eigenvalue weighted by molar-refractivity contribution is -0.00657. The minimum Gasteiger partial charge on any atom is -0.419 e. The summed E-state index contributed by atoms with van der Waals surface area (Å²) in [4.78, 5) is 6.18.